The van der Waals surface area contributed by atoms with Crippen LogP contribution in [0, 0.1) is 5.92 Å². The Kier molecular flexibility index (Phi) is 5.82. The molecule has 2 heterocycles. The fourth-order valence-electron chi connectivity index (χ4n) is 4.38. The maximum absolute atomic E-state index is 13.7. The average molecular weight is 480 g/mol. The van der Waals surface area contributed by atoms with E-state index >= 15 is 0 Å². The van der Waals surface area contributed by atoms with Crippen molar-refractivity contribution in [2.24, 2.45) is 21.6 Å². The van der Waals surface area contributed by atoms with Gasteiger partial charge in [0.2, 0.25) is 11.8 Å². The topological polar surface area (TPSA) is 87.7 Å². The first kappa shape index (κ1) is 23.7. The minimum atomic E-state index is -4.70. The lowest BCUT2D eigenvalue weighted by Gasteiger charge is -2.42. The van der Waals surface area contributed by atoms with Crippen LogP contribution in [0.25, 0.3) is 0 Å². The van der Waals surface area contributed by atoms with Crippen LogP contribution in [0.5, 0.6) is 0 Å². The van der Waals surface area contributed by atoms with E-state index in [9.17, 15) is 30.7 Å². The van der Waals surface area contributed by atoms with Gasteiger partial charge in [-0.1, -0.05) is 6.07 Å². The smallest absolute Gasteiger partial charge is 0.319 e. The molecule has 2 aliphatic carbocycles. The molecule has 1 aromatic heterocycles. The molecule has 1 aromatic rings. The second-order valence-corrected chi connectivity index (χ2v) is 8.80. The summed E-state index contributed by atoms with van der Waals surface area (Å²) in [5.74, 6) is -8.16. The molecule has 182 valence electrons. The van der Waals surface area contributed by atoms with E-state index in [0.717, 1.165) is 12.1 Å². The number of nitrogens with two attached hydrogens (primary N) is 1. The van der Waals surface area contributed by atoms with Crippen LogP contribution in [0.15, 0.2) is 28.2 Å². The highest BCUT2D eigenvalue weighted by Crippen LogP contribution is 2.40. The number of aromatic nitrogens is 1. The second kappa shape index (κ2) is 8.10. The molecule has 2 saturated carbocycles. The number of nitrogens with zero attached hydrogens (tertiary/aromatic N) is 3. The Bertz CT molecular complexity index is 950. The van der Waals surface area contributed by atoms with Crippen molar-refractivity contribution in [2.75, 3.05) is 0 Å². The molecule has 0 saturated heterocycles. The standard InChI is InChI=1S/C20H23F7N6/c21-17(22)7-4-11(5-8-17)20(28)32-15(13-2-1-3-14(30-13)19(25,26)27)31-16(33-20)29-12-6-9-18(23,24)10-12/h1-3,11-12H,4-10,28H2,(H2,29,31,32,33). The highest BCUT2D eigenvalue weighted by molar-refractivity contribution is 6.09. The molecule has 0 aromatic carbocycles. The van der Waals surface area contributed by atoms with Crippen molar-refractivity contribution in [2.45, 2.75) is 74.8 Å². The molecule has 3 aliphatic rings. The van der Waals surface area contributed by atoms with Crippen LogP contribution in [-0.4, -0.2) is 40.5 Å². The zero-order valence-corrected chi connectivity index (χ0v) is 17.4. The first-order valence-corrected chi connectivity index (χ1v) is 10.6. The summed E-state index contributed by atoms with van der Waals surface area (Å²) in [5.41, 5.74) is 5.09. The summed E-state index contributed by atoms with van der Waals surface area (Å²) in [7, 11) is 0. The molecule has 33 heavy (non-hydrogen) atoms. The minimum absolute atomic E-state index is 0.0120. The van der Waals surface area contributed by atoms with Crippen LogP contribution in [0.3, 0.4) is 0 Å². The van der Waals surface area contributed by atoms with E-state index in [1.165, 1.54) is 6.07 Å². The van der Waals surface area contributed by atoms with Gasteiger partial charge in [-0.3, -0.25) is 5.73 Å². The number of aliphatic imine (C=N–C) groups is 2. The number of nitrogens with one attached hydrogen (secondary N) is 2. The second-order valence-electron chi connectivity index (χ2n) is 8.80. The SMILES string of the molecule is NC1(C2CCC(F)(F)CC2)N=C(c2cccc(C(F)(F)F)n2)NC(=NC2CCC(F)(F)C2)N1. The molecular formula is C20H23F7N6. The van der Waals surface area contributed by atoms with Gasteiger partial charge in [0, 0.05) is 31.6 Å². The molecule has 4 N–H and O–H groups in total. The molecule has 2 atom stereocenters. The Morgan fingerprint density at radius 2 is 1.67 bits per heavy atom. The van der Waals surface area contributed by atoms with Crippen molar-refractivity contribution < 1.29 is 30.7 Å². The summed E-state index contributed by atoms with van der Waals surface area (Å²) >= 11 is 0. The van der Waals surface area contributed by atoms with E-state index in [0.29, 0.717) is 0 Å². The van der Waals surface area contributed by atoms with Crippen LogP contribution >= 0.6 is 0 Å². The van der Waals surface area contributed by atoms with Crippen molar-refractivity contribution in [1.82, 2.24) is 15.6 Å². The third kappa shape index (κ3) is 5.39. The van der Waals surface area contributed by atoms with Gasteiger partial charge in [-0.05, 0) is 31.4 Å². The molecule has 6 nitrogen and oxygen atoms in total. The van der Waals surface area contributed by atoms with Crippen LogP contribution < -0.4 is 16.4 Å². The molecule has 0 amide bonds. The third-order valence-corrected chi connectivity index (χ3v) is 6.16. The van der Waals surface area contributed by atoms with Gasteiger partial charge in [0.25, 0.3) is 0 Å². The number of guanidine groups is 1. The van der Waals surface area contributed by atoms with Crippen LogP contribution in [-0.2, 0) is 6.18 Å². The normalized spacial score (nSPS) is 31.1. The van der Waals surface area contributed by atoms with Crippen molar-refractivity contribution in [3.05, 3.63) is 29.6 Å². The predicted molar refractivity (Wildman–Crippen MR) is 106 cm³/mol. The number of halogens is 7. The van der Waals surface area contributed by atoms with Gasteiger partial charge >= 0.3 is 6.18 Å². The predicted octanol–water partition coefficient (Wildman–Crippen LogP) is 4.02. The Morgan fingerprint density at radius 3 is 2.27 bits per heavy atom. The summed E-state index contributed by atoms with van der Waals surface area (Å²) in [6.07, 6.45) is -6.22. The van der Waals surface area contributed by atoms with Gasteiger partial charge in [0.1, 0.15) is 11.4 Å². The molecule has 1 aliphatic heterocycles. The first-order chi connectivity index (χ1) is 15.2. The molecular weight excluding hydrogens is 457 g/mol. The fourth-order valence-corrected chi connectivity index (χ4v) is 4.38. The highest BCUT2D eigenvalue weighted by atomic mass is 19.4. The Labute approximate surface area is 184 Å². The number of amidine groups is 1. The lowest BCUT2D eigenvalue weighted by molar-refractivity contribution is -0.141. The number of rotatable bonds is 3. The van der Waals surface area contributed by atoms with Crippen LogP contribution in [0.1, 0.15) is 56.3 Å². The summed E-state index contributed by atoms with van der Waals surface area (Å²) in [4.78, 5) is 12.1. The zero-order valence-electron chi connectivity index (χ0n) is 17.4. The monoisotopic (exact) mass is 480 g/mol. The minimum Gasteiger partial charge on any atom is -0.319 e. The van der Waals surface area contributed by atoms with Gasteiger partial charge in [0.15, 0.2) is 17.6 Å². The van der Waals surface area contributed by atoms with E-state index in [1.807, 2.05) is 0 Å². The maximum Gasteiger partial charge on any atom is 0.433 e. The fraction of sp³-hybridized carbons (Fsp3) is 0.650. The number of hydrogen-bond donors (Lipinski definition) is 3. The number of alkyl halides is 7. The summed E-state index contributed by atoms with van der Waals surface area (Å²) in [5, 5.41) is 5.51. The van der Waals surface area contributed by atoms with Crippen molar-refractivity contribution in [3.8, 4) is 0 Å². The van der Waals surface area contributed by atoms with E-state index in [-0.39, 0.29) is 43.2 Å². The summed E-state index contributed by atoms with van der Waals surface area (Å²) in [6, 6.07) is 2.47. The number of hydrogen-bond acceptors (Lipinski definition) is 4. The van der Waals surface area contributed by atoms with Gasteiger partial charge in [0.05, 0.1) is 6.04 Å². The lowest BCUT2D eigenvalue weighted by atomic mass is 9.82. The molecule has 0 bridgehead atoms. The van der Waals surface area contributed by atoms with Gasteiger partial charge in [-0.25, -0.2) is 32.5 Å². The van der Waals surface area contributed by atoms with Crippen LogP contribution in [0.4, 0.5) is 30.7 Å². The maximum atomic E-state index is 13.7. The summed E-state index contributed by atoms with van der Waals surface area (Å²) in [6.45, 7) is 0. The largest absolute Gasteiger partial charge is 0.433 e. The van der Waals surface area contributed by atoms with Crippen molar-refractivity contribution in [3.63, 3.8) is 0 Å². The van der Waals surface area contributed by atoms with Crippen LogP contribution in [0.2, 0.25) is 0 Å². The quantitative estimate of drug-likeness (QED) is 0.571. The van der Waals surface area contributed by atoms with Gasteiger partial charge in [-0.2, -0.15) is 13.2 Å². The first-order valence-electron chi connectivity index (χ1n) is 10.6. The van der Waals surface area contributed by atoms with Crippen molar-refractivity contribution >= 4 is 11.8 Å². The molecule has 4 rings (SSSR count). The summed E-state index contributed by atoms with van der Waals surface area (Å²) < 4.78 is 94.0. The Balaban J connectivity index is 1.68. The molecule has 2 fully saturated rings. The average Bonchev–Trinajstić information content (AvgIpc) is 3.05. The zero-order chi connectivity index (χ0) is 24.1. The van der Waals surface area contributed by atoms with Gasteiger partial charge in [-0.15, -0.1) is 0 Å². The van der Waals surface area contributed by atoms with Gasteiger partial charge < -0.3 is 10.6 Å². The lowest BCUT2D eigenvalue weighted by Crippen LogP contribution is -2.67. The molecule has 13 heteroatoms. The van der Waals surface area contributed by atoms with E-state index in [4.69, 9.17) is 5.73 Å². The molecule has 0 radical (unpaired) electrons. The highest BCUT2D eigenvalue weighted by Gasteiger charge is 2.46. The Hall–Kier alpha value is -2.44. The molecule has 0 spiro atoms. The van der Waals surface area contributed by atoms with E-state index in [1.54, 1.807) is 0 Å². The molecule has 2 unspecified atom stereocenters. The van der Waals surface area contributed by atoms with E-state index < -0.39 is 60.7 Å². The van der Waals surface area contributed by atoms with E-state index in [2.05, 4.69) is 25.6 Å². The Morgan fingerprint density at radius 1 is 1.00 bits per heavy atom. The third-order valence-electron chi connectivity index (χ3n) is 6.16. The van der Waals surface area contributed by atoms with Crippen molar-refractivity contribution in [1.29, 1.82) is 0 Å². The number of pyridine rings is 1.